The summed E-state index contributed by atoms with van der Waals surface area (Å²) in [5, 5.41) is 3.01. The second kappa shape index (κ2) is 7.35. The quantitative estimate of drug-likeness (QED) is 0.713. The number of hydrogen-bond acceptors (Lipinski definition) is 4. The molecule has 0 saturated heterocycles. The predicted octanol–water partition coefficient (Wildman–Crippen LogP) is 0.971. The van der Waals surface area contributed by atoms with Crippen molar-refractivity contribution in [2.75, 3.05) is 13.6 Å². The van der Waals surface area contributed by atoms with Crippen LogP contribution in [0.4, 0.5) is 0 Å². The molecule has 0 saturated carbocycles. The summed E-state index contributed by atoms with van der Waals surface area (Å²) in [6.45, 7) is 1.78. The second-order valence-electron chi connectivity index (χ2n) is 4.73. The Kier molecular flexibility index (Phi) is 5.49. The van der Waals surface area contributed by atoms with Gasteiger partial charge in [-0.3, -0.25) is 0 Å². The average Bonchev–Trinajstić information content (AvgIpc) is 2.98. The third kappa shape index (κ3) is 4.66. The van der Waals surface area contributed by atoms with Gasteiger partial charge in [-0.05, 0) is 31.2 Å². The average molecular weight is 308 g/mol. The van der Waals surface area contributed by atoms with Crippen molar-refractivity contribution in [2.45, 2.75) is 24.4 Å². The minimum atomic E-state index is -3.44. The highest BCUT2D eigenvalue weighted by Crippen LogP contribution is 2.11. The molecule has 1 aromatic heterocycles. The van der Waals surface area contributed by atoms with Gasteiger partial charge in [-0.1, -0.05) is 12.1 Å². The first kappa shape index (κ1) is 15.7. The lowest BCUT2D eigenvalue weighted by molar-refractivity contribution is 0.569. The summed E-state index contributed by atoms with van der Waals surface area (Å²) in [5.41, 5.74) is 0.943. The zero-order valence-corrected chi connectivity index (χ0v) is 12.8. The molecule has 0 fully saturated rings. The fraction of sp³-hybridized carbons (Fsp3) is 0.357. The van der Waals surface area contributed by atoms with Crippen LogP contribution in [0.25, 0.3) is 0 Å². The van der Waals surface area contributed by atoms with E-state index in [1.807, 2.05) is 23.9 Å². The van der Waals surface area contributed by atoms with E-state index in [1.54, 1.807) is 30.7 Å². The van der Waals surface area contributed by atoms with Crippen molar-refractivity contribution in [1.29, 1.82) is 0 Å². The Morgan fingerprint density at radius 2 is 2.19 bits per heavy atom. The summed E-state index contributed by atoms with van der Waals surface area (Å²) in [6.07, 6.45) is 5.99. The van der Waals surface area contributed by atoms with E-state index in [9.17, 15) is 8.42 Å². The normalized spacial score (nSPS) is 11.7. The highest BCUT2D eigenvalue weighted by molar-refractivity contribution is 7.89. The van der Waals surface area contributed by atoms with Crippen LogP contribution in [0.1, 0.15) is 12.0 Å². The second-order valence-corrected chi connectivity index (χ2v) is 6.50. The van der Waals surface area contributed by atoms with Crippen molar-refractivity contribution in [1.82, 2.24) is 19.6 Å². The van der Waals surface area contributed by atoms with Gasteiger partial charge in [-0.15, -0.1) is 0 Å². The molecular formula is C14H20N4O2S. The van der Waals surface area contributed by atoms with Crippen molar-refractivity contribution in [2.24, 2.45) is 0 Å². The molecule has 6 nitrogen and oxygen atoms in total. The number of rotatable bonds is 8. The number of nitrogens with zero attached hydrogens (tertiary/aromatic N) is 2. The maximum absolute atomic E-state index is 12.2. The first-order valence-corrected chi connectivity index (χ1v) is 8.29. The van der Waals surface area contributed by atoms with Crippen LogP contribution in [0.15, 0.2) is 47.9 Å². The molecule has 0 aliphatic heterocycles. The highest BCUT2D eigenvalue weighted by atomic mass is 32.2. The molecule has 0 atom stereocenters. The number of sulfonamides is 1. The van der Waals surface area contributed by atoms with Gasteiger partial charge in [0.1, 0.15) is 0 Å². The predicted molar refractivity (Wildman–Crippen MR) is 81.2 cm³/mol. The Morgan fingerprint density at radius 3 is 2.90 bits per heavy atom. The molecule has 1 aromatic carbocycles. The maximum Gasteiger partial charge on any atom is 0.240 e. The van der Waals surface area contributed by atoms with Crippen molar-refractivity contribution >= 4 is 10.0 Å². The lowest BCUT2D eigenvalue weighted by Gasteiger charge is -2.08. The first-order valence-electron chi connectivity index (χ1n) is 6.81. The summed E-state index contributed by atoms with van der Waals surface area (Å²) in [6, 6.07) is 6.95. The van der Waals surface area contributed by atoms with Crippen molar-refractivity contribution in [3.63, 3.8) is 0 Å². The van der Waals surface area contributed by atoms with E-state index < -0.39 is 10.0 Å². The number of aromatic nitrogens is 2. The molecule has 2 aromatic rings. The van der Waals surface area contributed by atoms with E-state index in [0.717, 1.165) is 12.1 Å². The third-order valence-electron chi connectivity index (χ3n) is 3.03. The van der Waals surface area contributed by atoms with E-state index in [0.29, 0.717) is 24.4 Å². The van der Waals surface area contributed by atoms with Gasteiger partial charge < -0.3 is 9.88 Å². The van der Waals surface area contributed by atoms with Crippen molar-refractivity contribution < 1.29 is 8.42 Å². The number of hydrogen-bond donors (Lipinski definition) is 2. The zero-order valence-electron chi connectivity index (χ0n) is 12.0. The summed E-state index contributed by atoms with van der Waals surface area (Å²) >= 11 is 0. The van der Waals surface area contributed by atoms with E-state index in [2.05, 4.69) is 15.0 Å². The molecule has 0 aliphatic rings. The lowest BCUT2D eigenvalue weighted by Crippen LogP contribution is -2.25. The molecular weight excluding hydrogens is 288 g/mol. The third-order valence-corrected chi connectivity index (χ3v) is 4.49. The SMILES string of the molecule is CNCc1cccc(S(=O)(=O)NCCCn2ccnc2)c1. The lowest BCUT2D eigenvalue weighted by atomic mass is 10.2. The van der Waals surface area contributed by atoms with Gasteiger partial charge in [-0.25, -0.2) is 18.1 Å². The van der Waals surface area contributed by atoms with Crippen LogP contribution >= 0.6 is 0 Å². The molecule has 114 valence electrons. The fourth-order valence-corrected chi connectivity index (χ4v) is 3.14. The molecule has 0 bridgehead atoms. The molecule has 7 heteroatoms. The Hall–Kier alpha value is -1.70. The van der Waals surface area contributed by atoms with Crippen molar-refractivity contribution in [3.8, 4) is 0 Å². The molecule has 0 aliphatic carbocycles. The van der Waals surface area contributed by atoms with Crippen LogP contribution in [0.3, 0.4) is 0 Å². The summed E-state index contributed by atoms with van der Waals surface area (Å²) in [7, 11) is -1.62. The van der Waals surface area contributed by atoms with E-state index in [4.69, 9.17) is 0 Å². The maximum atomic E-state index is 12.2. The fourth-order valence-electron chi connectivity index (χ4n) is 2.00. The first-order chi connectivity index (χ1) is 10.1. The van der Waals surface area contributed by atoms with Gasteiger partial charge >= 0.3 is 0 Å². The van der Waals surface area contributed by atoms with Gasteiger partial charge in [0, 0.05) is 32.0 Å². The standard InChI is InChI=1S/C14H20N4O2S/c1-15-11-13-4-2-5-14(10-13)21(19,20)17-6-3-8-18-9-7-16-12-18/h2,4-5,7,9-10,12,15,17H,3,6,8,11H2,1H3. The minimum absolute atomic E-state index is 0.304. The molecule has 1 heterocycles. The summed E-state index contributed by atoms with van der Waals surface area (Å²) in [5.74, 6) is 0. The van der Waals surface area contributed by atoms with E-state index in [-0.39, 0.29) is 0 Å². The van der Waals surface area contributed by atoms with Crippen molar-refractivity contribution in [3.05, 3.63) is 48.5 Å². The van der Waals surface area contributed by atoms with E-state index in [1.165, 1.54) is 0 Å². The van der Waals surface area contributed by atoms with Crippen LogP contribution in [-0.2, 0) is 23.1 Å². The monoisotopic (exact) mass is 308 g/mol. The summed E-state index contributed by atoms with van der Waals surface area (Å²) < 4.78 is 28.9. The molecule has 0 amide bonds. The van der Waals surface area contributed by atoms with Crippen LogP contribution in [0.5, 0.6) is 0 Å². The zero-order chi connectivity index (χ0) is 15.1. The highest BCUT2D eigenvalue weighted by Gasteiger charge is 2.13. The smallest absolute Gasteiger partial charge is 0.240 e. The Labute approximate surface area is 125 Å². The molecule has 0 radical (unpaired) electrons. The largest absolute Gasteiger partial charge is 0.337 e. The van der Waals surface area contributed by atoms with Gasteiger partial charge in [-0.2, -0.15) is 0 Å². The molecule has 2 rings (SSSR count). The van der Waals surface area contributed by atoms with Crippen LogP contribution in [0.2, 0.25) is 0 Å². The molecule has 2 N–H and O–H groups in total. The number of benzene rings is 1. The van der Waals surface area contributed by atoms with Gasteiger partial charge in [0.25, 0.3) is 0 Å². The Bertz CT molecular complexity index is 653. The van der Waals surface area contributed by atoms with Gasteiger partial charge in [0.2, 0.25) is 10.0 Å². The van der Waals surface area contributed by atoms with Gasteiger partial charge in [0.05, 0.1) is 11.2 Å². The summed E-state index contributed by atoms with van der Waals surface area (Å²) in [4.78, 5) is 4.25. The van der Waals surface area contributed by atoms with Crippen LogP contribution in [-0.4, -0.2) is 31.6 Å². The number of nitrogens with one attached hydrogen (secondary N) is 2. The number of imidazole rings is 1. The molecule has 21 heavy (non-hydrogen) atoms. The Morgan fingerprint density at radius 1 is 1.33 bits per heavy atom. The van der Waals surface area contributed by atoms with Gasteiger partial charge in [0.15, 0.2) is 0 Å². The number of aryl methyl sites for hydroxylation is 1. The van der Waals surface area contributed by atoms with Crippen LogP contribution < -0.4 is 10.0 Å². The topological polar surface area (TPSA) is 76.0 Å². The Balaban J connectivity index is 1.90. The molecule has 0 spiro atoms. The van der Waals surface area contributed by atoms with Crippen LogP contribution in [0, 0.1) is 0 Å². The minimum Gasteiger partial charge on any atom is -0.337 e. The molecule has 0 unspecified atom stereocenters. The van der Waals surface area contributed by atoms with E-state index >= 15 is 0 Å².